The summed E-state index contributed by atoms with van der Waals surface area (Å²) in [6.07, 6.45) is 11.1. The Bertz CT molecular complexity index is 1100. The highest BCUT2D eigenvalue weighted by Gasteiger charge is 2.40. The number of fused-ring (bicyclic) bond motifs is 2. The first-order valence-corrected chi connectivity index (χ1v) is 13.3. The minimum atomic E-state index is -0.159. The number of carbonyl (C=O) groups excluding carboxylic acids is 1. The van der Waals surface area contributed by atoms with Crippen LogP contribution in [0.1, 0.15) is 66.2 Å². The molecule has 1 N–H and O–H groups in total. The zero-order valence-corrected chi connectivity index (χ0v) is 21.1. The Kier molecular flexibility index (Phi) is 7.74. The van der Waals surface area contributed by atoms with Crippen LogP contribution in [0.5, 0.6) is 0 Å². The molecular formula is C27H36N4OS. The van der Waals surface area contributed by atoms with Gasteiger partial charge in [0.2, 0.25) is 0 Å². The molecule has 2 heterocycles. The molecule has 3 atom stereocenters. The standard InChI is InChI=1S/C27H36N4OS/c1-5-6-16-33-27-29-26(32)24-22-12-7-8-13-23(22)28-25(31(24)30-27)21-15-14-20(17-19(21)4)11-9-10-18(2)3/h7-8,10,12-14,19,21,25H,5-6,9,11,15-17H2,1-4H3,(H,29,30,32)/t19-,21-,25+/m1/s1. The third-order valence-corrected chi connectivity index (χ3v) is 7.63. The summed E-state index contributed by atoms with van der Waals surface area (Å²) in [7, 11) is 0. The Labute approximate surface area is 201 Å². The van der Waals surface area contributed by atoms with E-state index in [4.69, 9.17) is 10.1 Å². The molecule has 0 fully saturated rings. The second-order valence-electron chi connectivity index (χ2n) is 9.58. The predicted octanol–water partition coefficient (Wildman–Crippen LogP) is 4.71. The van der Waals surface area contributed by atoms with Gasteiger partial charge in [0.1, 0.15) is 11.9 Å². The summed E-state index contributed by atoms with van der Waals surface area (Å²) in [5.41, 5.74) is 3.57. The van der Waals surface area contributed by atoms with Crippen molar-refractivity contribution < 1.29 is 4.79 Å². The number of nitrogens with zero attached hydrogens (tertiary/aromatic N) is 3. The molecule has 1 aliphatic carbocycles. The van der Waals surface area contributed by atoms with Crippen LogP contribution in [-0.4, -0.2) is 28.0 Å². The van der Waals surface area contributed by atoms with E-state index in [0.29, 0.717) is 22.7 Å². The van der Waals surface area contributed by atoms with E-state index in [2.05, 4.69) is 45.2 Å². The molecular weight excluding hydrogens is 428 g/mol. The Morgan fingerprint density at radius 2 is 2.12 bits per heavy atom. The fourth-order valence-electron chi connectivity index (χ4n) is 4.86. The molecule has 0 bridgehead atoms. The zero-order valence-electron chi connectivity index (χ0n) is 20.3. The quantitative estimate of drug-likeness (QED) is 0.470. The number of allylic oxidation sites excluding steroid dienone is 4. The number of amidine groups is 1. The molecule has 33 heavy (non-hydrogen) atoms. The van der Waals surface area contributed by atoms with Crippen molar-refractivity contribution in [3.8, 4) is 0 Å². The molecule has 0 saturated carbocycles. The lowest BCUT2D eigenvalue weighted by Crippen LogP contribution is -2.55. The van der Waals surface area contributed by atoms with E-state index in [1.807, 2.05) is 29.3 Å². The van der Waals surface area contributed by atoms with Gasteiger partial charge in [-0.25, -0.2) is 5.01 Å². The number of rotatable bonds is 7. The van der Waals surface area contributed by atoms with Crippen molar-refractivity contribution >= 4 is 28.5 Å². The first kappa shape index (κ1) is 23.8. The molecule has 4 rings (SSSR count). The Morgan fingerprint density at radius 1 is 1.30 bits per heavy atom. The van der Waals surface area contributed by atoms with Crippen LogP contribution >= 0.6 is 11.8 Å². The number of hydrogen-bond donors (Lipinski definition) is 1. The maximum atomic E-state index is 13.2. The number of thioether (sulfide) groups is 1. The number of benzene rings is 1. The molecule has 6 heteroatoms. The lowest BCUT2D eigenvalue weighted by molar-refractivity contribution is -0.116. The van der Waals surface area contributed by atoms with Crippen LogP contribution in [0.25, 0.3) is 5.70 Å². The maximum absolute atomic E-state index is 13.2. The summed E-state index contributed by atoms with van der Waals surface area (Å²) in [4.78, 5) is 18.4. The monoisotopic (exact) mass is 464 g/mol. The highest BCUT2D eigenvalue weighted by Crippen LogP contribution is 2.38. The molecule has 0 radical (unpaired) electrons. The summed E-state index contributed by atoms with van der Waals surface area (Å²) in [6, 6.07) is 7.96. The van der Waals surface area contributed by atoms with Crippen LogP contribution in [-0.2, 0) is 4.79 Å². The van der Waals surface area contributed by atoms with Gasteiger partial charge in [-0.3, -0.25) is 15.1 Å². The average molecular weight is 465 g/mol. The van der Waals surface area contributed by atoms with Crippen molar-refractivity contribution in [1.82, 2.24) is 10.3 Å². The van der Waals surface area contributed by atoms with Crippen LogP contribution in [0.3, 0.4) is 0 Å². The van der Waals surface area contributed by atoms with Gasteiger partial charge in [-0.1, -0.05) is 73.5 Å². The van der Waals surface area contributed by atoms with E-state index < -0.39 is 0 Å². The lowest BCUT2D eigenvalue weighted by atomic mass is 9.77. The normalized spacial score (nSPS) is 24.1. The fourth-order valence-corrected chi connectivity index (χ4v) is 5.80. The number of unbranched alkanes of at least 4 members (excludes halogenated alkanes) is 1. The summed E-state index contributed by atoms with van der Waals surface area (Å²) in [5, 5.41) is 12.3. The highest BCUT2D eigenvalue weighted by atomic mass is 32.2. The molecule has 0 unspecified atom stereocenters. The number of hydrazone groups is 1. The summed E-state index contributed by atoms with van der Waals surface area (Å²) in [5.74, 6) is 1.68. The number of hydrogen-bond acceptors (Lipinski definition) is 5. The van der Waals surface area contributed by atoms with Crippen molar-refractivity contribution in [2.24, 2.45) is 21.9 Å². The zero-order chi connectivity index (χ0) is 23.4. The first-order valence-electron chi connectivity index (χ1n) is 12.3. The van der Waals surface area contributed by atoms with E-state index >= 15 is 0 Å². The maximum Gasteiger partial charge on any atom is 0.276 e. The van der Waals surface area contributed by atoms with Gasteiger partial charge in [-0.2, -0.15) is 0 Å². The van der Waals surface area contributed by atoms with Crippen LogP contribution in [0.2, 0.25) is 0 Å². The SMILES string of the molecule is CCCCSC1=NN2C(=c3ccccc3=N[C@@H]2[C@@H]2CC=C(CCC=C(C)C)C[C@H]2C)C(=O)N1. The van der Waals surface area contributed by atoms with Crippen LogP contribution in [0.4, 0.5) is 0 Å². The van der Waals surface area contributed by atoms with Gasteiger partial charge in [-0.05, 0) is 57.9 Å². The topological polar surface area (TPSA) is 57.1 Å². The summed E-state index contributed by atoms with van der Waals surface area (Å²) in [6.45, 7) is 8.83. The molecule has 1 aromatic carbocycles. The summed E-state index contributed by atoms with van der Waals surface area (Å²) < 4.78 is 0. The van der Waals surface area contributed by atoms with Gasteiger partial charge in [0, 0.05) is 16.9 Å². The van der Waals surface area contributed by atoms with Crippen LogP contribution in [0, 0.1) is 11.8 Å². The Hall–Kier alpha value is -2.34. The van der Waals surface area contributed by atoms with Gasteiger partial charge >= 0.3 is 0 Å². The first-order chi connectivity index (χ1) is 16.0. The molecule has 2 aliphatic heterocycles. The predicted molar refractivity (Wildman–Crippen MR) is 138 cm³/mol. The molecule has 5 nitrogen and oxygen atoms in total. The van der Waals surface area contributed by atoms with Crippen molar-refractivity contribution in [2.75, 3.05) is 5.75 Å². The number of carbonyl (C=O) groups is 1. The average Bonchev–Trinajstić information content (AvgIpc) is 2.78. The van der Waals surface area contributed by atoms with E-state index in [0.717, 1.165) is 54.9 Å². The number of amides is 1. The molecule has 0 saturated heterocycles. The van der Waals surface area contributed by atoms with E-state index in [1.165, 1.54) is 5.57 Å². The molecule has 3 aliphatic rings. The smallest absolute Gasteiger partial charge is 0.276 e. The van der Waals surface area contributed by atoms with Gasteiger partial charge in [0.15, 0.2) is 5.17 Å². The largest absolute Gasteiger partial charge is 0.298 e. The Morgan fingerprint density at radius 3 is 2.88 bits per heavy atom. The Balaban J connectivity index is 1.64. The van der Waals surface area contributed by atoms with Crippen molar-refractivity contribution in [2.45, 2.75) is 72.4 Å². The minimum absolute atomic E-state index is 0.0715. The second kappa shape index (κ2) is 10.7. The third-order valence-electron chi connectivity index (χ3n) is 6.68. The van der Waals surface area contributed by atoms with Crippen LogP contribution < -0.4 is 15.9 Å². The number of nitrogens with one attached hydrogen (secondary N) is 1. The fraction of sp³-hybridized carbons (Fsp3) is 0.519. The summed E-state index contributed by atoms with van der Waals surface area (Å²) >= 11 is 1.63. The van der Waals surface area contributed by atoms with Crippen molar-refractivity contribution in [3.63, 3.8) is 0 Å². The molecule has 1 aromatic rings. The van der Waals surface area contributed by atoms with Crippen molar-refractivity contribution in [1.29, 1.82) is 0 Å². The van der Waals surface area contributed by atoms with Crippen molar-refractivity contribution in [3.05, 3.63) is 58.1 Å². The van der Waals surface area contributed by atoms with Gasteiger partial charge in [0.05, 0.1) is 5.36 Å². The van der Waals surface area contributed by atoms with E-state index in [9.17, 15) is 4.79 Å². The van der Waals surface area contributed by atoms with Crippen LogP contribution in [0.15, 0.2) is 57.7 Å². The molecule has 0 spiro atoms. The highest BCUT2D eigenvalue weighted by molar-refractivity contribution is 8.13. The van der Waals surface area contributed by atoms with Gasteiger partial charge < -0.3 is 0 Å². The van der Waals surface area contributed by atoms with Gasteiger partial charge in [-0.15, -0.1) is 5.10 Å². The van der Waals surface area contributed by atoms with E-state index in [-0.39, 0.29) is 12.1 Å². The number of para-hydroxylation sites is 1. The lowest BCUT2D eigenvalue weighted by Gasteiger charge is -2.41. The third kappa shape index (κ3) is 5.43. The second-order valence-corrected chi connectivity index (χ2v) is 10.7. The van der Waals surface area contributed by atoms with E-state index in [1.54, 1.807) is 17.3 Å². The molecule has 176 valence electrons. The minimum Gasteiger partial charge on any atom is -0.298 e. The molecule has 1 amide bonds. The van der Waals surface area contributed by atoms with Gasteiger partial charge in [0.25, 0.3) is 5.91 Å². The molecule has 0 aromatic heterocycles.